The van der Waals surface area contributed by atoms with Gasteiger partial charge in [0.1, 0.15) is 5.75 Å². The van der Waals surface area contributed by atoms with E-state index in [1.807, 2.05) is 18.2 Å². The first-order valence-electron chi connectivity index (χ1n) is 5.07. The first-order chi connectivity index (χ1) is 7.78. The molecule has 1 aliphatic heterocycles. The zero-order chi connectivity index (χ0) is 11.4. The number of hydrogen-bond acceptors (Lipinski definition) is 4. The minimum absolute atomic E-state index is 0.832. The Morgan fingerprint density at radius 3 is 3.00 bits per heavy atom. The van der Waals surface area contributed by atoms with Crippen LogP contribution in [0.25, 0.3) is 0 Å². The summed E-state index contributed by atoms with van der Waals surface area (Å²) >= 11 is 5.21. The lowest BCUT2D eigenvalue weighted by molar-refractivity contribution is 0.415. The van der Waals surface area contributed by atoms with Gasteiger partial charge in [-0.1, -0.05) is 27.7 Å². The monoisotopic (exact) mass is 300 g/mol. The van der Waals surface area contributed by atoms with Gasteiger partial charge in [0.2, 0.25) is 0 Å². The first-order valence-corrected chi connectivity index (χ1v) is 6.84. The number of methoxy groups -OCH3 is 1. The number of halogens is 1. The molecule has 0 aliphatic carbocycles. The minimum Gasteiger partial charge on any atom is -0.497 e. The smallest absolute Gasteiger partial charge is 0.161 e. The Hall–Kier alpha value is -0.680. The van der Waals surface area contributed by atoms with Crippen molar-refractivity contribution in [3.63, 3.8) is 0 Å². The molecule has 0 amide bonds. The first kappa shape index (κ1) is 11.8. The van der Waals surface area contributed by atoms with Gasteiger partial charge >= 0.3 is 0 Å². The van der Waals surface area contributed by atoms with Crippen molar-refractivity contribution in [1.29, 1.82) is 0 Å². The lowest BCUT2D eigenvalue weighted by Crippen LogP contribution is -2.13. The van der Waals surface area contributed by atoms with Crippen molar-refractivity contribution in [2.45, 2.75) is 6.42 Å². The fourth-order valence-electron chi connectivity index (χ4n) is 1.41. The third-order valence-corrected chi connectivity index (χ3v) is 3.61. The van der Waals surface area contributed by atoms with Crippen LogP contribution in [0.4, 0.5) is 5.69 Å². The molecule has 0 radical (unpaired) electrons. The second-order valence-electron chi connectivity index (χ2n) is 3.39. The molecule has 0 unspecified atom stereocenters. The molecule has 86 valence electrons. The molecular formula is C11H13BrN2OS. The second kappa shape index (κ2) is 5.59. The summed E-state index contributed by atoms with van der Waals surface area (Å²) in [6.07, 6.45) is 1.16. The van der Waals surface area contributed by atoms with Crippen LogP contribution < -0.4 is 10.1 Å². The molecule has 5 heteroatoms. The van der Waals surface area contributed by atoms with Crippen molar-refractivity contribution >= 4 is 38.5 Å². The maximum Gasteiger partial charge on any atom is 0.161 e. The summed E-state index contributed by atoms with van der Waals surface area (Å²) in [5, 5.41) is 4.29. The fourth-order valence-corrected chi connectivity index (χ4v) is 2.72. The van der Waals surface area contributed by atoms with E-state index in [2.05, 4.69) is 26.2 Å². The molecule has 1 aliphatic rings. The highest BCUT2D eigenvalue weighted by atomic mass is 79.9. The van der Waals surface area contributed by atoms with Crippen molar-refractivity contribution in [1.82, 2.24) is 0 Å². The number of anilines is 1. The predicted octanol–water partition coefficient (Wildman–Crippen LogP) is 3.36. The van der Waals surface area contributed by atoms with E-state index in [1.54, 1.807) is 18.9 Å². The third-order valence-electron chi connectivity index (χ3n) is 2.15. The average Bonchev–Trinajstić information content (AvgIpc) is 2.29. The van der Waals surface area contributed by atoms with Gasteiger partial charge < -0.3 is 10.1 Å². The van der Waals surface area contributed by atoms with Crippen molar-refractivity contribution in [2.75, 3.05) is 24.7 Å². The lowest BCUT2D eigenvalue weighted by atomic mass is 10.3. The summed E-state index contributed by atoms with van der Waals surface area (Å²) in [6, 6.07) is 5.91. The molecule has 0 fully saturated rings. The Morgan fingerprint density at radius 2 is 2.31 bits per heavy atom. The number of benzene rings is 1. The Balaban J connectivity index is 2.14. The molecule has 0 aromatic heterocycles. The van der Waals surface area contributed by atoms with Crippen molar-refractivity contribution in [3.8, 4) is 5.75 Å². The van der Waals surface area contributed by atoms with Crippen molar-refractivity contribution in [2.24, 2.45) is 4.99 Å². The molecular weight excluding hydrogens is 288 g/mol. The zero-order valence-electron chi connectivity index (χ0n) is 9.00. The molecule has 0 spiro atoms. The Morgan fingerprint density at radius 1 is 1.44 bits per heavy atom. The highest BCUT2D eigenvalue weighted by molar-refractivity contribution is 9.10. The van der Waals surface area contributed by atoms with Crippen molar-refractivity contribution < 1.29 is 4.74 Å². The molecule has 1 aromatic carbocycles. The number of amidine groups is 1. The van der Waals surface area contributed by atoms with Gasteiger partial charge in [-0.3, -0.25) is 4.99 Å². The predicted molar refractivity (Wildman–Crippen MR) is 73.7 cm³/mol. The Bertz CT molecular complexity index is 409. The van der Waals surface area contributed by atoms with Gasteiger partial charge in [0.25, 0.3) is 0 Å². The number of rotatable bonds is 2. The van der Waals surface area contributed by atoms with Crippen LogP contribution in [0.1, 0.15) is 6.42 Å². The van der Waals surface area contributed by atoms with Crippen LogP contribution in [0.3, 0.4) is 0 Å². The molecule has 3 nitrogen and oxygen atoms in total. The number of nitrogens with one attached hydrogen (secondary N) is 1. The molecule has 0 saturated heterocycles. The van der Waals surface area contributed by atoms with Gasteiger partial charge in [-0.15, -0.1) is 0 Å². The van der Waals surface area contributed by atoms with E-state index in [0.717, 1.165) is 39.8 Å². The average molecular weight is 301 g/mol. The van der Waals surface area contributed by atoms with E-state index in [9.17, 15) is 0 Å². The van der Waals surface area contributed by atoms with E-state index < -0.39 is 0 Å². The van der Waals surface area contributed by atoms with Crippen LogP contribution in [-0.4, -0.2) is 24.6 Å². The van der Waals surface area contributed by atoms with Crippen LogP contribution in [0.2, 0.25) is 0 Å². The molecule has 0 saturated carbocycles. The van der Waals surface area contributed by atoms with Gasteiger partial charge in [-0.2, -0.15) is 0 Å². The van der Waals surface area contributed by atoms with Crippen molar-refractivity contribution in [3.05, 3.63) is 22.7 Å². The number of aliphatic imine (C=N–C) groups is 1. The summed E-state index contributed by atoms with van der Waals surface area (Å²) in [7, 11) is 1.67. The summed E-state index contributed by atoms with van der Waals surface area (Å²) in [4.78, 5) is 4.42. The summed E-state index contributed by atoms with van der Waals surface area (Å²) in [6.45, 7) is 0.917. The number of hydrogen-bond donors (Lipinski definition) is 1. The third kappa shape index (κ3) is 3.15. The standard InChI is InChI=1S/C11H13BrN2OS/c1-15-10-6-8(12)5-9(7-10)14-11-13-3-2-4-16-11/h5-7H,2-4H2,1H3,(H,13,14). The van der Waals surface area contributed by atoms with Crippen LogP contribution >= 0.6 is 27.7 Å². The van der Waals surface area contributed by atoms with Gasteiger partial charge in [-0.25, -0.2) is 0 Å². The lowest BCUT2D eigenvalue weighted by Gasteiger charge is -2.14. The number of thioether (sulfide) groups is 1. The van der Waals surface area contributed by atoms with E-state index >= 15 is 0 Å². The SMILES string of the molecule is COc1cc(Br)cc(NC2=NCCCS2)c1. The Labute approximate surface area is 108 Å². The second-order valence-corrected chi connectivity index (χ2v) is 5.39. The van der Waals surface area contributed by atoms with E-state index in [1.165, 1.54) is 0 Å². The molecule has 0 bridgehead atoms. The van der Waals surface area contributed by atoms with E-state index in [-0.39, 0.29) is 0 Å². The molecule has 1 heterocycles. The van der Waals surface area contributed by atoms with Crippen LogP contribution in [0.15, 0.2) is 27.7 Å². The zero-order valence-corrected chi connectivity index (χ0v) is 11.4. The van der Waals surface area contributed by atoms with Crippen LogP contribution in [0, 0.1) is 0 Å². The largest absolute Gasteiger partial charge is 0.497 e. The molecule has 1 N–H and O–H groups in total. The van der Waals surface area contributed by atoms with E-state index in [4.69, 9.17) is 4.74 Å². The normalized spacial score (nSPS) is 15.5. The molecule has 0 atom stereocenters. The van der Waals surface area contributed by atoms with Gasteiger partial charge in [0.05, 0.1) is 7.11 Å². The summed E-state index contributed by atoms with van der Waals surface area (Å²) < 4.78 is 6.20. The van der Waals surface area contributed by atoms with Gasteiger partial charge in [0.15, 0.2) is 5.17 Å². The number of nitrogens with zero attached hydrogens (tertiary/aromatic N) is 1. The fraction of sp³-hybridized carbons (Fsp3) is 0.364. The quantitative estimate of drug-likeness (QED) is 0.909. The Kier molecular flexibility index (Phi) is 4.12. The summed E-state index contributed by atoms with van der Waals surface area (Å²) in [5.74, 6) is 1.97. The molecule has 1 aromatic rings. The maximum absolute atomic E-state index is 5.21. The highest BCUT2D eigenvalue weighted by Gasteiger charge is 2.07. The topological polar surface area (TPSA) is 33.6 Å². The number of ether oxygens (including phenoxy) is 1. The van der Waals surface area contributed by atoms with Gasteiger partial charge in [-0.05, 0) is 18.6 Å². The van der Waals surface area contributed by atoms with Gasteiger partial charge in [0, 0.05) is 28.5 Å². The molecule has 16 heavy (non-hydrogen) atoms. The summed E-state index contributed by atoms with van der Waals surface area (Å²) in [5.41, 5.74) is 0.999. The minimum atomic E-state index is 0.832. The maximum atomic E-state index is 5.21. The van der Waals surface area contributed by atoms with E-state index in [0.29, 0.717) is 0 Å². The van der Waals surface area contributed by atoms with Crippen LogP contribution in [0.5, 0.6) is 5.75 Å². The highest BCUT2D eigenvalue weighted by Crippen LogP contribution is 2.25. The van der Waals surface area contributed by atoms with Crippen LogP contribution in [-0.2, 0) is 0 Å². The molecule has 2 rings (SSSR count).